The zero-order chi connectivity index (χ0) is 19.2. The molecule has 3 rings (SSSR count). The van der Waals surface area contributed by atoms with Crippen molar-refractivity contribution in [1.82, 2.24) is 5.32 Å². The van der Waals surface area contributed by atoms with Gasteiger partial charge in [-0.15, -0.1) is 0 Å². The largest absolute Gasteiger partial charge is 0.494 e. The summed E-state index contributed by atoms with van der Waals surface area (Å²) in [5.74, 6) is 1.34. The third-order valence-corrected chi connectivity index (χ3v) is 4.77. The average Bonchev–Trinajstić information content (AvgIpc) is 3.00. The molecule has 140 valence electrons. The Morgan fingerprint density at radius 2 is 1.96 bits per heavy atom. The third kappa shape index (κ3) is 4.92. The summed E-state index contributed by atoms with van der Waals surface area (Å²) in [4.78, 5) is 17.4. The van der Waals surface area contributed by atoms with Crippen molar-refractivity contribution < 1.29 is 14.3 Å². The summed E-state index contributed by atoms with van der Waals surface area (Å²) in [5, 5.41) is 3.35. The van der Waals surface area contributed by atoms with Crippen molar-refractivity contribution in [1.29, 1.82) is 0 Å². The predicted molar refractivity (Wildman–Crippen MR) is 111 cm³/mol. The minimum absolute atomic E-state index is 0.156. The first-order valence-electron chi connectivity index (χ1n) is 8.76. The second-order valence-corrected chi connectivity index (χ2v) is 7.11. The van der Waals surface area contributed by atoms with Gasteiger partial charge in [-0.1, -0.05) is 25.1 Å². The van der Waals surface area contributed by atoms with Crippen molar-refractivity contribution in [3.63, 3.8) is 0 Å². The maximum absolute atomic E-state index is 12.3. The number of hydrogen-bond donors (Lipinski definition) is 1. The Kier molecular flexibility index (Phi) is 6.19. The Labute approximate surface area is 163 Å². The van der Waals surface area contributed by atoms with E-state index in [1.165, 1.54) is 11.8 Å². The van der Waals surface area contributed by atoms with Crippen LogP contribution in [0.2, 0.25) is 0 Å². The van der Waals surface area contributed by atoms with Crippen LogP contribution in [0, 0.1) is 6.92 Å². The minimum Gasteiger partial charge on any atom is -0.494 e. The van der Waals surface area contributed by atoms with Crippen molar-refractivity contribution >= 4 is 34.6 Å². The number of ether oxygens (including phenoxy) is 2. The monoisotopic (exact) mass is 382 g/mol. The van der Waals surface area contributed by atoms with Crippen molar-refractivity contribution in [2.75, 3.05) is 13.7 Å². The molecule has 1 saturated heterocycles. The summed E-state index contributed by atoms with van der Waals surface area (Å²) in [6, 6.07) is 13.4. The number of aryl methyl sites for hydroxylation is 1. The second kappa shape index (κ2) is 8.77. The van der Waals surface area contributed by atoms with Crippen LogP contribution >= 0.6 is 11.8 Å². The highest BCUT2D eigenvalue weighted by Gasteiger charge is 2.24. The van der Waals surface area contributed by atoms with E-state index in [4.69, 9.17) is 9.47 Å². The van der Waals surface area contributed by atoms with Gasteiger partial charge in [0.05, 0.1) is 18.6 Å². The smallest absolute Gasteiger partial charge is 0.264 e. The molecule has 0 aliphatic carbocycles. The van der Waals surface area contributed by atoms with Crippen molar-refractivity contribution in [2.24, 2.45) is 4.99 Å². The topological polar surface area (TPSA) is 59.9 Å². The molecule has 2 aromatic rings. The molecular weight excluding hydrogens is 360 g/mol. The molecule has 27 heavy (non-hydrogen) atoms. The highest BCUT2D eigenvalue weighted by atomic mass is 32.2. The molecule has 1 aliphatic rings. The number of rotatable bonds is 6. The lowest BCUT2D eigenvalue weighted by molar-refractivity contribution is -0.115. The standard InChI is InChI=1S/C21H22N2O3S/c1-4-11-26-16-8-6-15(7-9-16)13-19-20(24)23-21(27-19)22-17-12-14(2)5-10-18(17)25-3/h5-10,12-13H,4,11H2,1-3H3,(H,22,23,24)/b19-13-. The van der Waals surface area contributed by atoms with Gasteiger partial charge in [0.15, 0.2) is 5.17 Å². The fourth-order valence-corrected chi connectivity index (χ4v) is 3.34. The van der Waals surface area contributed by atoms with Crippen LogP contribution in [-0.2, 0) is 4.79 Å². The van der Waals surface area contributed by atoms with Gasteiger partial charge in [-0.2, -0.15) is 0 Å². The molecule has 5 nitrogen and oxygen atoms in total. The van der Waals surface area contributed by atoms with Gasteiger partial charge in [0, 0.05) is 0 Å². The van der Waals surface area contributed by atoms with Crippen LogP contribution in [0.1, 0.15) is 24.5 Å². The molecule has 6 heteroatoms. The van der Waals surface area contributed by atoms with Crippen LogP contribution in [0.25, 0.3) is 6.08 Å². The molecule has 1 amide bonds. The zero-order valence-electron chi connectivity index (χ0n) is 15.6. The van der Waals surface area contributed by atoms with E-state index in [1.54, 1.807) is 7.11 Å². The van der Waals surface area contributed by atoms with Crippen LogP contribution in [0.5, 0.6) is 11.5 Å². The molecule has 0 spiro atoms. The number of nitrogens with zero attached hydrogens (tertiary/aromatic N) is 1. The maximum atomic E-state index is 12.3. The number of carbonyl (C=O) groups excluding carboxylic acids is 1. The summed E-state index contributed by atoms with van der Waals surface area (Å²) in [5.41, 5.74) is 2.70. The van der Waals surface area contributed by atoms with Gasteiger partial charge in [-0.25, -0.2) is 4.99 Å². The van der Waals surface area contributed by atoms with E-state index in [-0.39, 0.29) is 5.91 Å². The maximum Gasteiger partial charge on any atom is 0.264 e. The Balaban J connectivity index is 1.77. The molecule has 0 aromatic heterocycles. The third-order valence-electron chi connectivity index (χ3n) is 3.86. The van der Waals surface area contributed by atoms with Crippen LogP contribution in [0.4, 0.5) is 5.69 Å². The van der Waals surface area contributed by atoms with Gasteiger partial charge >= 0.3 is 0 Å². The van der Waals surface area contributed by atoms with Crippen LogP contribution in [0.15, 0.2) is 52.4 Å². The SMILES string of the molecule is CCCOc1ccc(/C=C2\SC(=Nc3cc(C)ccc3OC)NC2=O)cc1. The van der Waals surface area contributed by atoms with Crippen molar-refractivity contribution in [3.05, 3.63) is 58.5 Å². The van der Waals surface area contributed by atoms with E-state index in [0.717, 1.165) is 23.3 Å². The summed E-state index contributed by atoms with van der Waals surface area (Å²) in [6.45, 7) is 4.75. The van der Waals surface area contributed by atoms with Crippen LogP contribution in [0.3, 0.4) is 0 Å². The molecule has 0 saturated carbocycles. The molecule has 1 N–H and O–H groups in total. The van der Waals surface area contributed by atoms with Gasteiger partial charge in [-0.3, -0.25) is 4.79 Å². The highest BCUT2D eigenvalue weighted by Crippen LogP contribution is 2.33. The Hall–Kier alpha value is -2.73. The quantitative estimate of drug-likeness (QED) is 0.737. The Bertz CT molecular complexity index is 889. The first-order chi connectivity index (χ1) is 13.1. The number of hydrogen-bond acceptors (Lipinski definition) is 5. The average molecular weight is 382 g/mol. The first kappa shape index (κ1) is 19.0. The van der Waals surface area contributed by atoms with Gasteiger partial charge < -0.3 is 14.8 Å². The van der Waals surface area contributed by atoms with E-state index < -0.39 is 0 Å². The van der Waals surface area contributed by atoms with Crippen LogP contribution in [-0.4, -0.2) is 24.8 Å². The second-order valence-electron chi connectivity index (χ2n) is 6.07. The Morgan fingerprint density at radius 3 is 2.67 bits per heavy atom. The molecule has 1 aliphatic heterocycles. The van der Waals surface area contributed by atoms with Crippen LogP contribution < -0.4 is 14.8 Å². The number of nitrogens with one attached hydrogen (secondary N) is 1. The number of amides is 1. The number of methoxy groups -OCH3 is 1. The molecule has 0 radical (unpaired) electrons. The highest BCUT2D eigenvalue weighted by molar-refractivity contribution is 8.18. The lowest BCUT2D eigenvalue weighted by atomic mass is 10.2. The van der Waals surface area contributed by atoms with Crippen molar-refractivity contribution in [2.45, 2.75) is 20.3 Å². The molecular formula is C21H22N2O3S. The Morgan fingerprint density at radius 1 is 1.19 bits per heavy atom. The van der Waals surface area contributed by atoms with Gasteiger partial charge in [-0.05, 0) is 66.6 Å². The summed E-state index contributed by atoms with van der Waals surface area (Å²) in [7, 11) is 1.61. The first-order valence-corrected chi connectivity index (χ1v) is 9.58. The van der Waals surface area contributed by atoms with Gasteiger partial charge in [0.25, 0.3) is 5.91 Å². The van der Waals surface area contributed by atoms with Gasteiger partial charge in [0.1, 0.15) is 17.2 Å². The summed E-state index contributed by atoms with van der Waals surface area (Å²) >= 11 is 1.32. The fraction of sp³-hybridized carbons (Fsp3) is 0.238. The fourth-order valence-electron chi connectivity index (χ4n) is 2.51. The molecule has 0 bridgehead atoms. The molecule has 0 unspecified atom stereocenters. The normalized spacial score (nSPS) is 16.6. The van der Waals surface area contributed by atoms with E-state index in [9.17, 15) is 4.79 Å². The van der Waals surface area contributed by atoms with E-state index in [1.807, 2.05) is 55.5 Å². The van der Waals surface area contributed by atoms with E-state index in [0.29, 0.717) is 28.1 Å². The number of aliphatic imine (C=N–C) groups is 1. The summed E-state index contributed by atoms with van der Waals surface area (Å²) in [6.07, 6.45) is 2.82. The van der Waals surface area contributed by atoms with Gasteiger partial charge in [0.2, 0.25) is 0 Å². The molecule has 2 aromatic carbocycles. The van der Waals surface area contributed by atoms with E-state index in [2.05, 4.69) is 17.2 Å². The summed E-state index contributed by atoms with van der Waals surface area (Å²) < 4.78 is 10.9. The van der Waals surface area contributed by atoms with Crippen molar-refractivity contribution in [3.8, 4) is 11.5 Å². The minimum atomic E-state index is -0.156. The number of amidine groups is 1. The lowest BCUT2D eigenvalue weighted by Gasteiger charge is -2.05. The lowest BCUT2D eigenvalue weighted by Crippen LogP contribution is -2.19. The molecule has 0 atom stereocenters. The molecule has 1 fully saturated rings. The van der Waals surface area contributed by atoms with E-state index >= 15 is 0 Å². The number of benzene rings is 2. The number of carbonyl (C=O) groups is 1. The number of thioether (sulfide) groups is 1. The zero-order valence-corrected chi connectivity index (χ0v) is 16.4. The predicted octanol–water partition coefficient (Wildman–Crippen LogP) is 4.68. The molecule has 1 heterocycles.